The maximum absolute atomic E-state index is 13.9. The van der Waals surface area contributed by atoms with Gasteiger partial charge in [0.1, 0.15) is 6.04 Å². The predicted molar refractivity (Wildman–Crippen MR) is 174 cm³/mol. The zero-order chi connectivity index (χ0) is 30.7. The van der Waals surface area contributed by atoms with E-state index in [1.807, 2.05) is 80.6 Å². The van der Waals surface area contributed by atoms with Crippen molar-refractivity contribution in [2.24, 2.45) is 0 Å². The van der Waals surface area contributed by atoms with E-state index in [9.17, 15) is 18.0 Å². The molecule has 0 aliphatic rings. The topological polar surface area (TPSA) is 86.8 Å². The minimum atomic E-state index is -3.56. The summed E-state index contributed by atoms with van der Waals surface area (Å²) in [6, 6.07) is 22.2. The van der Waals surface area contributed by atoms with Crippen LogP contribution in [0, 0.1) is 13.8 Å². The molecule has 0 aliphatic carbocycles. The van der Waals surface area contributed by atoms with E-state index in [0.29, 0.717) is 25.1 Å². The molecule has 42 heavy (non-hydrogen) atoms. The number of nitrogens with one attached hydrogen (secondary N) is 1. The summed E-state index contributed by atoms with van der Waals surface area (Å²) in [4.78, 5) is 29.1. The lowest BCUT2D eigenvalue weighted by molar-refractivity contribution is -0.141. The van der Waals surface area contributed by atoms with E-state index < -0.39 is 16.1 Å². The number of carbonyl (C=O) groups excluding carboxylic acids is 2. The fourth-order valence-electron chi connectivity index (χ4n) is 4.73. The maximum Gasteiger partial charge on any atom is 0.243 e. The fourth-order valence-corrected chi connectivity index (χ4v) is 5.95. The number of hydrogen-bond donors (Lipinski definition) is 1. The molecule has 3 rings (SSSR count). The van der Waals surface area contributed by atoms with Crippen LogP contribution in [0.4, 0.5) is 5.69 Å². The van der Waals surface area contributed by atoms with Gasteiger partial charge in [-0.25, -0.2) is 8.42 Å². The standard InChI is InChI=1S/C33H42BrN3O4S/c1-5-6-20-35-33(39)31(23-27-11-8-7-9-12-27)36(24-28-15-17-29(34)18-16-28)32(38)13-10-21-37(42(4,40)41)30-19-14-25(2)26(3)22-30/h7-9,11-12,14-19,22,31H,5-6,10,13,20-21,23-24H2,1-4H3,(H,35,39)/t31-/m1/s1. The van der Waals surface area contributed by atoms with Gasteiger partial charge >= 0.3 is 0 Å². The van der Waals surface area contributed by atoms with Gasteiger partial charge < -0.3 is 10.2 Å². The van der Waals surface area contributed by atoms with E-state index in [-0.39, 0.29) is 31.3 Å². The summed E-state index contributed by atoms with van der Waals surface area (Å²) in [7, 11) is -3.56. The average Bonchev–Trinajstić information content (AvgIpc) is 2.95. The van der Waals surface area contributed by atoms with E-state index in [1.54, 1.807) is 11.0 Å². The molecule has 0 aliphatic heterocycles. The molecule has 1 N–H and O–H groups in total. The van der Waals surface area contributed by atoms with Crippen molar-refractivity contribution in [2.75, 3.05) is 23.7 Å². The molecular formula is C33H42BrN3O4S. The van der Waals surface area contributed by atoms with Gasteiger partial charge in [0, 0.05) is 36.9 Å². The van der Waals surface area contributed by atoms with Gasteiger partial charge in [0.05, 0.1) is 11.9 Å². The van der Waals surface area contributed by atoms with Crippen LogP contribution < -0.4 is 9.62 Å². The van der Waals surface area contributed by atoms with Crippen molar-refractivity contribution in [3.8, 4) is 0 Å². The molecule has 1 atom stereocenters. The summed E-state index contributed by atoms with van der Waals surface area (Å²) in [5, 5.41) is 3.03. The maximum atomic E-state index is 13.9. The summed E-state index contributed by atoms with van der Waals surface area (Å²) in [5.74, 6) is -0.385. The Kier molecular flexibility index (Phi) is 12.6. The number of aryl methyl sites for hydroxylation is 2. The van der Waals surface area contributed by atoms with Gasteiger partial charge in [-0.2, -0.15) is 0 Å². The molecule has 3 aromatic rings. The number of unbranched alkanes of at least 4 members (excludes halogenated alkanes) is 1. The van der Waals surface area contributed by atoms with Crippen LogP contribution in [-0.2, 0) is 32.6 Å². The number of amides is 2. The molecule has 0 saturated carbocycles. The summed E-state index contributed by atoms with van der Waals surface area (Å²) in [5.41, 5.74) is 4.51. The normalized spacial score (nSPS) is 12.0. The molecule has 0 fully saturated rings. The number of anilines is 1. The van der Waals surface area contributed by atoms with Crippen molar-refractivity contribution in [2.45, 2.75) is 65.5 Å². The number of benzene rings is 3. The molecule has 0 unspecified atom stereocenters. The van der Waals surface area contributed by atoms with E-state index in [1.165, 1.54) is 10.6 Å². The Bertz CT molecular complexity index is 1430. The van der Waals surface area contributed by atoms with E-state index in [2.05, 4.69) is 28.2 Å². The highest BCUT2D eigenvalue weighted by Crippen LogP contribution is 2.23. The monoisotopic (exact) mass is 655 g/mol. The third-order valence-electron chi connectivity index (χ3n) is 7.30. The first-order valence-corrected chi connectivity index (χ1v) is 17.0. The van der Waals surface area contributed by atoms with Gasteiger partial charge in [-0.05, 0) is 73.2 Å². The fraction of sp³-hybridized carbons (Fsp3) is 0.394. The van der Waals surface area contributed by atoms with Crippen molar-refractivity contribution in [1.29, 1.82) is 0 Å². The molecule has 0 aromatic heterocycles. The van der Waals surface area contributed by atoms with Gasteiger partial charge in [-0.1, -0.05) is 77.8 Å². The van der Waals surface area contributed by atoms with Crippen molar-refractivity contribution in [3.63, 3.8) is 0 Å². The van der Waals surface area contributed by atoms with Crippen LogP contribution in [0.5, 0.6) is 0 Å². The van der Waals surface area contributed by atoms with Crippen LogP contribution in [-0.4, -0.2) is 50.5 Å². The van der Waals surface area contributed by atoms with Gasteiger partial charge in [-0.3, -0.25) is 13.9 Å². The van der Waals surface area contributed by atoms with Crippen LogP contribution in [0.15, 0.2) is 77.3 Å². The van der Waals surface area contributed by atoms with E-state index in [4.69, 9.17) is 0 Å². The molecule has 0 heterocycles. The summed E-state index contributed by atoms with van der Waals surface area (Å²) in [6.45, 7) is 6.95. The molecule has 3 aromatic carbocycles. The van der Waals surface area contributed by atoms with Crippen LogP contribution in [0.25, 0.3) is 0 Å². The Morgan fingerprint density at radius 3 is 2.21 bits per heavy atom. The SMILES string of the molecule is CCCCNC(=O)[C@@H](Cc1ccccc1)N(Cc1ccc(Br)cc1)C(=O)CCCN(c1ccc(C)c(C)c1)S(C)(=O)=O. The van der Waals surface area contributed by atoms with Crippen molar-refractivity contribution >= 4 is 43.5 Å². The largest absolute Gasteiger partial charge is 0.354 e. The predicted octanol–water partition coefficient (Wildman–Crippen LogP) is 6.17. The number of hydrogen-bond acceptors (Lipinski definition) is 4. The first-order valence-electron chi connectivity index (χ1n) is 14.4. The number of halogens is 1. The van der Waals surface area contributed by atoms with E-state index >= 15 is 0 Å². The Hall–Kier alpha value is -3.17. The third-order valence-corrected chi connectivity index (χ3v) is 9.02. The highest BCUT2D eigenvalue weighted by molar-refractivity contribution is 9.10. The van der Waals surface area contributed by atoms with Gasteiger partial charge in [0.15, 0.2) is 0 Å². The number of rotatable bonds is 15. The Balaban J connectivity index is 1.87. The van der Waals surface area contributed by atoms with Crippen molar-refractivity contribution in [1.82, 2.24) is 10.2 Å². The molecule has 7 nitrogen and oxygen atoms in total. The molecule has 0 radical (unpaired) electrons. The Morgan fingerprint density at radius 1 is 0.905 bits per heavy atom. The zero-order valence-electron chi connectivity index (χ0n) is 25.0. The zero-order valence-corrected chi connectivity index (χ0v) is 27.4. The number of sulfonamides is 1. The lowest BCUT2D eigenvalue weighted by Gasteiger charge is -2.32. The molecule has 226 valence electrons. The molecule has 0 spiro atoms. The minimum absolute atomic E-state index is 0.0981. The quantitative estimate of drug-likeness (QED) is 0.199. The van der Waals surface area contributed by atoms with Gasteiger partial charge in [-0.15, -0.1) is 0 Å². The second-order valence-electron chi connectivity index (χ2n) is 10.7. The summed E-state index contributed by atoms with van der Waals surface area (Å²) >= 11 is 3.47. The lowest BCUT2D eigenvalue weighted by Crippen LogP contribution is -2.50. The summed E-state index contributed by atoms with van der Waals surface area (Å²) in [6.07, 6.45) is 3.76. The molecular weight excluding hydrogens is 614 g/mol. The summed E-state index contributed by atoms with van der Waals surface area (Å²) < 4.78 is 27.7. The smallest absolute Gasteiger partial charge is 0.243 e. The Morgan fingerprint density at radius 2 is 1.60 bits per heavy atom. The van der Waals surface area contributed by atoms with Crippen LogP contribution in [0.2, 0.25) is 0 Å². The average molecular weight is 657 g/mol. The Labute approximate surface area is 259 Å². The highest BCUT2D eigenvalue weighted by Gasteiger charge is 2.30. The first kappa shape index (κ1) is 33.3. The second-order valence-corrected chi connectivity index (χ2v) is 13.5. The second kappa shape index (κ2) is 15.9. The van der Waals surface area contributed by atoms with Crippen LogP contribution in [0.1, 0.15) is 54.9 Å². The molecule has 0 bridgehead atoms. The lowest BCUT2D eigenvalue weighted by atomic mass is 10.0. The number of nitrogens with zero attached hydrogens (tertiary/aromatic N) is 2. The number of carbonyl (C=O) groups is 2. The first-order chi connectivity index (χ1) is 20.0. The highest BCUT2D eigenvalue weighted by atomic mass is 79.9. The van der Waals surface area contributed by atoms with Crippen LogP contribution >= 0.6 is 15.9 Å². The van der Waals surface area contributed by atoms with Gasteiger partial charge in [0.2, 0.25) is 21.8 Å². The third kappa shape index (κ3) is 9.98. The minimum Gasteiger partial charge on any atom is -0.354 e. The molecule has 0 saturated heterocycles. The molecule has 2 amide bonds. The van der Waals surface area contributed by atoms with Crippen LogP contribution in [0.3, 0.4) is 0 Å². The van der Waals surface area contributed by atoms with Gasteiger partial charge in [0.25, 0.3) is 0 Å². The van der Waals surface area contributed by atoms with Crippen molar-refractivity contribution < 1.29 is 18.0 Å². The van der Waals surface area contributed by atoms with E-state index in [0.717, 1.165) is 39.6 Å². The molecule has 9 heteroatoms. The van der Waals surface area contributed by atoms with Crippen molar-refractivity contribution in [3.05, 3.63) is 99.5 Å².